The molecule has 0 heterocycles. The Morgan fingerprint density at radius 3 is 2.00 bits per heavy atom. The summed E-state index contributed by atoms with van der Waals surface area (Å²) in [4.78, 5) is 0. The van der Waals surface area contributed by atoms with Crippen molar-refractivity contribution in [1.82, 2.24) is 0 Å². The van der Waals surface area contributed by atoms with Gasteiger partial charge in [-0.3, -0.25) is 0 Å². The van der Waals surface area contributed by atoms with E-state index in [1.807, 2.05) is 6.92 Å². The van der Waals surface area contributed by atoms with Crippen LogP contribution in [0.5, 0.6) is 0 Å². The van der Waals surface area contributed by atoms with Crippen LogP contribution in [-0.2, 0) is 4.74 Å². The Bertz CT molecular complexity index is 168. The van der Waals surface area contributed by atoms with E-state index in [1.165, 1.54) is 0 Å². The maximum Gasteiger partial charge on any atom is 0.391 e. The zero-order valence-corrected chi connectivity index (χ0v) is 7.95. The monoisotopic (exact) mass is 196 g/mol. The van der Waals surface area contributed by atoms with Crippen molar-refractivity contribution in [2.45, 2.75) is 44.4 Å². The molecule has 0 radical (unpaired) electrons. The van der Waals surface area contributed by atoms with Gasteiger partial charge in [0.1, 0.15) is 0 Å². The van der Waals surface area contributed by atoms with Crippen molar-refractivity contribution in [2.75, 3.05) is 7.11 Å². The van der Waals surface area contributed by atoms with Gasteiger partial charge >= 0.3 is 6.18 Å². The van der Waals surface area contributed by atoms with Gasteiger partial charge in [-0.2, -0.15) is 13.2 Å². The zero-order chi connectivity index (χ0) is 10.1. The van der Waals surface area contributed by atoms with E-state index in [4.69, 9.17) is 4.74 Å². The number of rotatable bonds is 1. The third-order valence-electron chi connectivity index (χ3n) is 3.00. The number of ether oxygens (including phenoxy) is 1. The summed E-state index contributed by atoms with van der Waals surface area (Å²) in [7, 11) is 1.56. The molecule has 78 valence electrons. The normalized spacial score (nSPS) is 36.2. The molecule has 0 aliphatic heterocycles. The molecule has 1 saturated carbocycles. The van der Waals surface area contributed by atoms with Crippen molar-refractivity contribution >= 4 is 0 Å². The topological polar surface area (TPSA) is 9.23 Å². The van der Waals surface area contributed by atoms with Crippen molar-refractivity contribution in [3.63, 3.8) is 0 Å². The molecule has 0 aromatic carbocycles. The fourth-order valence-electron chi connectivity index (χ4n) is 1.76. The fourth-order valence-corrected chi connectivity index (χ4v) is 1.76. The van der Waals surface area contributed by atoms with Crippen LogP contribution in [0.3, 0.4) is 0 Å². The van der Waals surface area contributed by atoms with Crippen LogP contribution >= 0.6 is 0 Å². The van der Waals surface area contributed by atoms with E-state index in [0.717, 1.165) is 0 Å². The summed E-state index contributed by atoms with van der Waals surface area (Å²) in [6.45, 7) is 1.87. The van der Waals surface area contributed by atoms with Crippen molar-refractivity contribution in [3.8, 4) is 0 Å². The predicted molar refractivity (Wildman–Crippen MR) is 43.4 cm³/mol. The molecular weight excluding hydrogens is 181 g/mol. The van der Waals surface area contributed by atoms with Crippen molar-refractivity contribution in [3.05, 3.63) is 0 Å². The van der Waals surface area contributed by atoms with E-state index in [2.05, 4.69) is 0 Å². The Morgan fingerprint density at radius 1 is 1.23 bits per heavy atom. The Balaban J connectivity index is 2.48. The first-order chi connectivity index (χ1) is 5.87. The van der Waals surface area contributed by atoms with Gasteiger partial charge in [0.25, 0.3) is 0 Å². The Morgan fingerprint density at radius 2 is 1.69 bits per heavy atom. The molecule has 0 aromatic heterocycles. The molecule has 0 spiro atoms. The summed E-state index contributed by atoms with van der Waals surface area (Å²) in [5, 5.41) is 0. The van der Waals surface area contributed by atoms with Gasteiger partial charge in [0.05, 0.1) is 11.5 Å². The first-order valence-corrected chi connectivity index (χ1v) is 4.49. The maximum atomic E-state index is 12.3. The molecule has 13 heavy (non-hydrogen) atoms. The quantitative estimate of drug-likeness (QED) is 0.626. The van der Waals surface area contributed by atoms with Gasteiger partial charge in [-0.1, -0.05) is 0 Å². The molecular formula is C9H15F3O. The number of methoxy groups -OCH3 is 1. The number of hydrogen-bond acceptors (Lipinski definition) is 1. The molecule has 0 atom stereocenters. The average Bonchev–Trinajstić information content (AvgIpc) is 2.04. The molecule has 1 fully saturated rings. The van der Waals surface area contributed by atoms with Crippen LogP contribution in [0.4, 0.5) is 13.2 Å². The Hall–Kier alpha value is -0.250. The zero-order valence-electron chi connectivity index (χ0n) is 7.95. The number of hydrogen-bond donors (Lipinski definition) is 0. The minimum Gasteiger partial charge on any atom is -0.379 e. The second kappa shape index (κ2) is 3.48. The van der Waals surface area contributed by atoms with Gasteiger partial charge in [0.15, 0.2) is 0 Å². The first-order valence-electron chi connectivity index (χ1n) is 4.49. The molecule has 0 aromatic rings. The predicted octanol–water partition coefficient (Wildman–Crippen LogP) is 3.14. The van der Waals surface area contributed by atoms with Gasteiger partial charge in [0, 0.05) is 7.11 Å². The summed E-state index contributed by atoms with van der Waals surface area (Å²) in [5.74, 6) is -1.12. The molecule has 1 nitrogen and oxygen atoms in total. The highest BCUT2D eigenvalue weighted by Gasteiger charge is 2.44. The Labute approximate surface area is 76.3 Å². The van der Waals surface area contributed by atoms with E-state index in [1.54, 1.807) is 7.11 Å². The largest absolute Gasteiger partial charge is 0.391 e. The van der Waals surface area contributed by atoms with Crippen LogP contribution in [0.15, 0.2) is 0 Å². The van der Waals surface area contributed by atoms with E-state index in [-0.39, 0.29) is 18.4 Å². The Kier molecular flexibility index (Phi) is 2.90. The minimum atomic E-state index is -4.02. The summed E-state index contributed by atoms with van der Waals surface area (Å²) >= 11 is 0. The average molecular weight is 196 g/mol. The van der Waals surface area contributed by atoms with E-state index in [9.17, 15) is 13.2 Å². The lowest BCUT2D eigenvalue weighted by Gasteiger charge is -2.36. The molecule has 0 bridgehead atoms. The SMILES string of the molecule is COC1(C)CCC(C(F)(F)F)CC1. The number of halogens is 3. The highest BCUT2D eigenvalue weighted by atomic mass is 19.4. The van der Waals surface area contributed by atoms with Gasteiger partial charge in [0.2, 0.25) is 0 Å². The molecule has 0 unspecified atom stereocenters. The summed E-state index contributed by atoms with van der Waals surface area (Å²) < 4.78 is 41.9. The third kappa shape index (κ3) is 2.59. The lowest BCUT2D eigenvalue weighted by atomic mass is 9.79. The summed E-state index contributed by atoms with van der Waals surface area (Å²) in [5.41, 5.74) is -0.332. The van der Waals surface area contributed by atoms with Crippen LogP contribution in [0, 0.1) is 5.92 Å². The minimum absolute atomic E-state index is 0.202. The van der Waals surface area contributed by atoms with Crippen molar-refractivity contribution < 1.29 is 17.9 Å². The molecule has 0 saturated heterocycles. The summed E-state index contributed by atoms with van der Waals surface area (Å²) in [6.07, 6.45) is -2.60. The molecule has 1 rings (SSSR count). The van der Waals surface area contributed by atoms with E-state index < -0.39 is 12.1 Å². The second-order valence-electron chi connectivity index (χ2n) is 3.97. The first kappa shape index (κ1) is 10.8. The van der Waals surface area contributed by atoms with Gasteiger partial charge < -0.3 is 4.74 Å². The molecule has 0 N–H and O–H groups in total. The van der Waals surface area contributed by atoms with Crippen LogP contribution in [0.2, 0.25) is 0 Å². The van der Waals surface area contributed by atoms with Gasteiger partial charge in [-0.15, -0.1) is 0 Å². The van der Waals surface area contributed by atoms with Crippen LogP contribution in [0.25, 0.3) is 0 Å². The van der Waals surface area contributed by atoms with E-state index in [0.29, 0.717) is 12.8 Å². The molecule has 1 aliphatic carbocycles. The molecule has 4 heteroatoms. The van der Waals surface area contributed by atoms with Gasteiger partial charge in [-0.25, -0.2) is 0 Å². The maximum absolute atomic E-state index is 12.3. The highest BCUT2D eigenvalue weighted by Crippen LogP contribution is 2.41. The van der Waals surface area contributed by atoms with Gasteiger partial charge in [-0.05, 0) is 32.6 Å². The highest BCUT2D eigenvalue weighted by molar-refractivity contribution is 4.85. The second-order valence-corrected chi connectivity index (χ2v) is 3.97. The fraction of sp³-hybridized carbons (Fsp3) is 1.00. The number of alkyl halides is 3. The molecule has 0 amide bonds. The smallest absolute Gasteiger partial charge is 0.379 e. The van der Waals surface area contributed by atoms with Crippen molar-refractivity contribution in [1.29, 1.82) is 0 Å². The van der Waals surface area contributed by atoms with Crippen LogP contribution < -0.4 is 0 Å². The molecule has 1 aliphatic rings. The van der Waals surface area contributed by atoms with E-state index >= 15 is 0 Å². The summed E-state index contributed by atoms with van der Waals surface area (Å²) in [6, 6.07) is 0. The third-order valence-corrected chi connectivity index (χ3v) is 3.00. The van der Waals surface area contributed by atoms with Crippen molar-refractivity contribution in [2.24, 2.45) is 5.92 Å². The van der Waals surface area contributed by atoms with Crippen LogP contribution in [-0.4, -0.2) is 18.9 Å². The van der Waals surface area contributed by atoms with Crippen LogP contribution in [0.1, 0.15) is 32.6 Å². The lowest BCUT2D eigenvalue weighted by molar-refractivity contribution is -0.193. The standard InChI is InChI=1S/C9H15F3O/c1-8(13-2)5-3-7(4-6-8)9(10,11)12/h7H,3-6H2,1-2H3. The lowest BCUT2D eigenvalue weighted by Crippen LogP contribution is -2.37.